The van der Waals surface area contributed by atoms with Crippen LogP contribution in [0.3, 0.4) is 0 Å². The molecule has 0 aliphatic heterocycles. The van der Waals surface area contributed by atoms with Crippen molar-refractivity contribution in [3.63, 3.8) is 0 Å². The van der Waals surface area contributed by atoms with Gasteiger partial charge in [-0.3, -0.25) is 0 Å². The van der Waals surface area contributed by atoms with Gasteiger partial charge >= 0.3 is 0 Å². The molecule has 0 radical (unpaired) electrons. The third-order valence-electron chi connectivity index (χ3n) is 6.55. The first-order valence-corrected chi connectivity index (χ1v) is 10.2. The van der Waals surface area contributed by atoms with Gasteiger partial charge in [-0.1, -0.05) is 6.07 Å². The molecule has 4 aliphatic rings. The molecule has 6 heteroatoms. The van der Waals surface area contributed by atoms with E-state index in [0.717, 1.165) is 43.6 Å². The summed E-state index contributed by atoms with van der Waals surface area (Å²) >= 11 is 0. The van der Waals surface area contributed by atoms with E-state index in [0.29, 0.717) is 11.8 Å². The summed E-state index contributed by atoms with van der Waals surface area (Å²) in [4.78, 5) is -0.0300. The Balaban J connectivity index is 1.55. The van der Waals surface area contributed by atoms with Crippen LogP contribution in [-0.2, 0) is 14.8 Å². The van der Waals surface area contributed by atoms with Crippen LogP contribution in [0.4, 0.5) is 4.39 Å². The van der Waals surface area contributed by atoms with Gasteiger partial charge in [-0.2, -0.15) is 0 Å². The summed E-state index contributed by atoms with van der Waals surface area (Å²) in [5.41, 5.74) is -0.409. The summed E-state index contributed by atoms with van der Waals surface area (Å²) in [5.74, 6) is 1.88. The van der Waals surface area contributed by atoms with E-state index in [9.17, 15) is 12.8 Å². The predicted molar refractivity (Wildman–Crippen MR) is 88.4 cm³/mol. The Bertz CT molecular complexity index is 706. The molecule has 4 fully saturated rings. The van der Waals surface area contributed by atoms with Crippen molar-refractivity contribution in [1.82, 2.24) is 4.72 Å². The molecule has 5 rings (SSSR count). The normalized spacial score (nSPS) is 37.8. The van der Waals surface area contributed by atoms with Crippen molar-refractivity contribution in [2.24, 2.45) is 23.7 Å². The molecule has 0 aromatic heterocycles. The van der Waals surface area contributed by atoms with Gasteiger partial charge in [0.15, 0.2) is 0 Å². The van der Waals surface area contributed by atoms with Gasteiger partial charge in [0.2, 0.25) is 10.0 Å². The number of nitrogens with one attached hydrogen (secondary N) is 1. The van der Waals surface area contributed by atoms with E-state index < -0.39 is 21.4 Å². The topological polar surface area (TPSA) is 55.4 Å². The van der Waals surface area contributed by atoms with Gasteiger partial charge in [-0.25, -0.2) is 17.5 Å². The summed E-state index contributed by atoms with van der Waals surface area (Å²) in [7, 11) is -2.03. The molecule has 0 saturated heterocycles. The molecule has 4 bridgehead atoms. The van der Waals surface area contributed by atoms with Crippen molar-refractivity contribution in [1.29, 1.82) is 0 Å². The van der Waals surface area contributed by atoms with E-state index in [1.165, 1.54) is 24.6 Å². The largest absolute Gasteiger partial charge is 0.376 e. The zero-order valence-electron chi connectivity index (χ0n) is 13.9. The molecule has 4 saturated carbocycles. The zero-order valence-corrected chi connectivity index (χ0v) is 14.7. The highest BCUT2D eigenvalue weighted by Gasteiger charge is 2.57. The molecule has 4 aliphatic carbocycles. The number of rotatable bonds is 5. The number of halogens is 1. The fourth-order valence-electron chi connectivity index (χ4n) is 5.60. The maximum Gasteiger partial charge on any atom is 0.240 e. The second-order valence-corrected chi connectivity index (χ2v) is 9.51. The van der Waals surface area contributed by atoms with Gasteiger partial charge in [0.1, 0.15) is 5.82 Å². The Labute approximate surface area is 142 Å². The Morgan fingerprint density at radius 1 is 1.17 bits per heavy atom. The molecule has 0 amide bonds. The molecule has 24 heavy (non-hydrogen) atoms. The Kier molecular flexibility index (Phi) is 3.97. The minimum atomic E-state index is -3.73. The molecular formula is C18H24FNO3S. The predicted octanol–water partition coefficient (Wildman–Crippen LogP) is 2.95. The molecule has 1 aromatic rings. The summed E-state index contributed by atoms with van der Waals surface area (Å²) in [5, 5.41) is 0. The molecule has 1 N–H and O–H groups in total. The number of benzene rings is 1. The molecular weight excluding hydrogens is 329 g/mol. The Hall–Kier alpha value is -0.980. The standard InChI is InChI=1S/C18H24FNO3S/c1-23-18(14-6-12-5-13(8-14)9-15(18)7-12)11-20-24(21,22)17-4-2-3-16(19)10-17/h2-4,10,12-15,20H,5-9,11H2,1H3. The molecule has 132 valence electrons. The highest BCUT2D eigenvalue weighted by atomic mass is 32.2. The van der Waals surface area contributed by atoms with E-state index >= 15 is 0 Å². The number of hydrogen-bond donors (Lipinski definition) is 1. The lowest BCUT2D eigenvalue weighted by Crippen LogP contribution is -2.63. The first-order chi connectivity index (χ1) is 11.4. The SMILES string of the molecule is COC1(CNS(=O)(=O)c2cccc(F)c2)C2CC3CC(C2)CC1C3. The van der Waals surface area contributed by atoms with Gasteiger partial charge in [0.25, 0.3) is 0 Å². The van der Waals surface area contributed by atoms with E-state index in [1.807, 2.05) is 0 Å². The highest BCUT2D eigenvalue weighted by Crippen LogP contribution is 2.59. The zero-order chi connectivity index (χ0) is 16.9. The Morgan fingerprint density at radius 3 is 2.33 bits per heavy atom. The molecule has 1 aromatic carbocycles. The lowest BCUT2D eigenvalue weighted by atomic mass is 9.50. The summed E-state index contributed by atoms with van der Waals surface area (Å²) in [6.07, 6.45) is 5.90. The monoisotopic (exact) mass is 353 g/mol. The lowest BCUT2D eigenvalue weighted by Gasteiger charge is -2.60. The van der Waals surface area contributed by atoms with Gasteiger partial charge in [-0.05, 0) is 74.0 Å². The lowest BCUT2D eigenvalue weighted by molar-refractivity contribution is -0.185. The van der Waals surface area contributed by atoms with Crippen molar-refractivity contribution >= 4 is 10.0 Å². The van der Waals surface area contributed by atoms with E-state index in [1.54, 1.807) is 7.11 Å². The average Bonchev–Trinajstić information content (AvgIpc) is 2.54. The first kappa shape index (κ1) is 16.5. The fraction of sp³-hybridized carbons (Fsp3) is 0.667. The fourth-order valence-corrected chi connectivity index (χ4v) is 6.71. The van der Waals surface area contributed by atoms with Crippen LogP contribution in [0.5, 0.6) is 0 Å². The Morgan fingerprint density at radius 2 is 1.79 bits per heavy atom. The van der Waals surface area contributed by atoms with Crippen molar-refractivity contribution < 1.29 is 17.5 Å². The van der Waals surface area contributed by atoms with Crippen LogP contribution in [0.2, 0.25) is 0 Å². The van der Waals surface area contributed by atoms with Crippen molar-refractivity contribution in [2.75, 3.05) is 13.7 Å². The van der Waals surface area contributed by atoms with Crippen LogP contribution in [0.25, 0.3) is 0 Å². The second kappa shape index (κ2) is 5.78. The van der Waals surface area contributed by atoms with Crippen LogP contribution in [0, 0.1) is 29.5 Å². The molecule has 0 atom stereocenters. The van der Waals surface area contributed by atoms with Gasteiger partial charge in [0, 0.05) is 13.7 Å². The maximum absolute atomic E-state index is 13.4. The minimum absolute atomic E-state index is 0.0300. The third kappa shape index (κ3) is 2.59. The second-order valence-electron chi connectivity index (χ2n) is 7.75. The average molecular weight is 353 g/mol. The van der Waals surface area contributed by atoms with Gasteiger partial charge in [0.05, 0.1) is 10.5 Å². The number of methoxy groups -OCH3 is 1. The molecule has 4 nitrogen and oxygen atoms in total. The minimum Gasteiger partial charge on any atom is -0.376 e. The van der Waals surface area contributed by atoms with E-state index in [4.69, 9.17) is 4.74 Å². The summed E-state index contributed by atoms with van der Waals surface area (Å²) in [6, 6.07) is 5.13. The number of hydrogen-bond acceptors (Lipinski definition) is 3. The quantitative estimate of drug-likeness (QED) is 0.885. The summed E-state index contributed by atoms with van der Waals surface area (Å²) in [6.45, 7) is 0.275. The van der Waals surface area contributed by atoms with Crippen molar-refractivity contribution in [3.8, 4) is 0 Å². The van der Waals surface area contributed by atoms with Gasteiger partial charge in [-0.15, -0.1) is 0 Å². The first-order valence-electron chi connectivity index (χ1n) is 8.73. The molecule has 0 heterocycles. The maximum atomic E-state index is 13.4. The van der Waals surface area contributed by atoms with Crippen LogP contribution in [0.1, 0.15) is 32.1 Å². The van der Waals surface area contributed by atoms with Crippen LogP contribution in [0.15, 0.2) is 29.2 Å². The van der Waals surface area contributed by atoms with Crippen molar-refractivity contribution in [2.45, 2.75) is 42.6 Å². The number of ether oxygens (including phenoxy) is 1. The number of sulfonamides is 1. The highest BCUT2D eigenvalue weighted by molar-refractivity contribution is 7.89. The van der Waals surface area contributed by atoms with Crippen LogP contribution < -0.4 is 4.72 Å². The third-order valence-corrected chi connectivity index (χ3v) is 7.94. The van der Waals surface area contributed by atoms with Crippen LogP contribution in [-0.4, -0.2) is 27.7 Å². The molecule has 0 spiro atoms. The van der Waals surface area contributed by atoms with Gasteiger partial charge < -0.3 is 4.74 Å². The summed E-state index contributed by atoms with van der Waals surface area (Å²) < 4.78 is 47.1. The van der Waals surface area contributed by atoms with E-state index in [2.05, 4.69) is 4.72 Å². The van der Waals surface area contributed by atoms with Crippen LogP contribution >= 0.6 is 0 Å². The van der Waals surface area contributed by atoms with E-state index in [-0.39, 0.29) is 11.4 Å². The van der Waals surface area contributed by atoms with Crippen molar-refractivity contribution in [3.05, 3.63) is 30.1 Å². The smallest absolute Gasteiger partial charge is 0.240 e. The molecule has 0 unspecified atom stereocenters.